The van der Waals surface area contributed by atoms with Crippen molar-refractivity contribution in [3.05, 3.63) is 29.3 Å². The van der Waals surface area contributed by atoms with Crippen molar-refractivity contribution in [3.63, 3.8) is 0 Å². The maximum absolute atomic E-state index is 11.3. The highest BCUT2D eigenvalue weighted by Crippen LogP contribution is 2.21. The second-order valence-electron chi connectivity index (χ2n) is 4.81. The summed E-state index contributed by atoms with van der Waals surface area (Å²) in [6.07, 6.45) is 2.38. The first-order valence-electron chi connectivity index (χ1n) is 6.75. The fraction of sp³-hybridized carbons (Fsp3) is 0.533. The van der Waals surface area contributed by atoms with Crippen LogP contribution in [0.2, 0.25) is 5.02 Å². The van der Waals surface area contributed by atoms with E-state index in [0.29, 0.717) is 17.2 Å². The summed E-state index contributed by atoms with van der Waals surface area (Å²) in [5, 5.41) is 10.7. The number of hydrogen-bond acceptors (Lipinski definition) is 4. The second kappa shape index (κ2) is 8.12. The molecular weight excluding hydrogens is 280 g/mol. The third kappa shape index (κ3) is 6.78. The minimum atomic E-state index is -1.39. The summed E-state index contributed by atoms with van der Waals surface area (Å²) in [5.74, 6) is -1.12. The van der Waals surface area contributed by atoms with Crippen LogP contribution in [0.3, 0.4) is 0 Å². The molecule has 1 atom stereocenters. The minimum absolute atomic E-state index is 0.128. The number of aliphatic hydroxyl groups is 1. The van der Waals surface area contributed by atoms with Crippen LogP contribution >= 0.6 is 11.6 Å². The zero-order valence-corrected chi connectivity index (χ0v) is 12.7. The Balaban J connectivity index is 2.34. The molecule has 1 aromatic carbocycles. The summed E-state index contributed by atoms with van der Waals surface area (Å²) < 4.78 is 10.5. The van der Waals surface area contributed by atoms with Crippen molar-refractivity contribution >= 4 is 17.6 Å². The van der Waals surface area contributed by atoms with E-state index in [9.17, 15) is 9.90 Å². The van der Waals surface area contributed by atoms with Crippen LogP contribution in [0, 0.1) is 0 Å². The van der Waals surface area contributed by atoms with Crippen molar-refractivity contribution in [2.75, 3.05) is 6.61 Å². The van der Waals surface area contributed by atoms with Crippen LogP contribution in [-0.2, 0) is 9.53 Å². The molecule has 1 N–H and O–H groups in total. The van der Waals surface area contributed by atoms with Crippen LogP contribution in [-0.4, -0.2) is 23.5 Å². The molecule has 1 aromatic rings. The summed E-state index contributed by atoms with van der Waals surface area (Å²) in [6, 6.07) is 6.70. The molecule has 0 aliphatic rings. The predicted molar refractivity (Wildman–Crippen MR) is 77.8 cm³/mol. The summed E-state index contributed by atoms with van der Waals surface area (Å²) in [7, 11) is 0. The molecule has 0 spiro atoms. The quantitative estimate of drug-likeness (QED) is 0.589. The van der Waals surface area contributed by atoms with Crippen LogP contribution in [0.15, 0.2) is 24.3 Å². The topological polar surface area (TPSA) is 55.8 Å². The lowest BCUT2D eigenvalue weighted by Crippen LogP contribution is -2.33. The molecule has 112 valence electrons. The molecule has 0 aromatic heterocycles. The van der Waals surface area contributed by atoms with Crippen molar-refractivity contribution in [3.8, 4) is 5.75 Å². The molecule has 0 amide bonds. The van der Waals surface area contributed by atoms with Gasteiger partial charge in [0.1, 0.15) is 5.75 Å². The van der Waals surface area contributed by atoms with E-state index in [1.54, 1.807) is 24.3 Å². The van der Waals surface area contributed by atoms with Gasteiger partial charge in [0.2, 0.25) is 5.79 Å². The average Bonchev–Trinajstić information content (AvgIpc) is 2.38. The lowest BCUT2D eigenvalue weighted by Gasteiger charge is -2.24. The number of halogens is 1. The highest BCUT2D eigenvalue weighted by atomic mass is 35.5. The van der Waals surface area contributed by atoms with Gasteiger partial charge in [0.25, 0.3) is 0 Å². The Morgan fingerprint density at radius 1 is 1.35 bits per heavy atom. The number of rotatable bonds is 8. The van der Waals surface area contributed by atoms with Gasteiger partial charge in [-0.25, -0.2) is 0 Å². The fourth-order valence-corrected chi connectivity index (χ4v) is 1.68. The molecule has 1 unspecified atom stereocenters. The van der Waals surface area contributed by atoms with Crippen molar-refractivity contribution in [2.24, 2.45) is 0 Å². The monoisotopic (exact) mass is 300 g/mol. The van der Waals surface area contributed by atoms with E-state index in [2.05, 4.69) is 0 Å². The molecule has 0 saturated carbocycles. The first-order valence-corrected chi connectivity index (χ1v) is 7.13. The van der Waals surface area contributed by atoms with Gasteiger partial charge in [0.15, 0.2) is 0 Å². The van der Waals surface area contributed by atoms with E-state index in [1.807, 2.05) is 6.92 Å². The Morgan fingerprint density at radius 2 is 2.00 bits per heavy atom. The van der Waals surface area contributed by atoms with Gasteiger partial charge in [-0.15, -0.1) is 0 Å². The zero-order chi connectivity index (χ0) is 15.0. The molecule has 5 heteroatoms. The number of unbranched alkanes of at least 4 members (excludes halogenated alkanes) is 1. The van der Waals surface area contributed by atoms with E-state index >= 15 is 0 Å². The van der Waals surface area contributed by atoms with Crippen LogP contribution in [0.5, 0.6) is 5.75 Å². The fourth-order valence-electron chi connectivity index (χ4n) is 1.56. The van der Waals surface area contributed by atoms with E-state index in [4.69, 9.17) is 21.1 Å². The van der Waals surface area contributed by atoms with E-state index in [0.717, 1.165) is 12.8 Å². The average molecular weight is 301 g/mol. The van der Waals surface area contributed by atoms with Crippen molar-refractivity contribution < 1.29 is 19.4 Å². The Labute approximate surface area is 124 Å². The SMILES string of the molecule is CCCCC(=O)OCCC(C)(O)Oc1ccc(Cl)cc1. The van der Waals surface area contributed by atoms with E-state index in [1.165, 1.54) is 6.92 Å². The number of hydrogen-bond donors (Lipinski definition) is 1. The molecule has 0 saturated heterocycles. The number of esters is 1. The number of benzene rings is 1. The van der Waals surface area contributed by atoms with E-state index in [-0.39, 0.29) is 19.0 Å². The standard InChI is InChI=1S/C15H21ClO4/c1-3-4-5-14(17)19-11-10-15(2,18)20-13-8-6-12(16)7-9-13/h6-9,18H,3-5,10-11H2,1-2H3. The zero-order valence-electron chi connectivity index (χ0n) is 11.9. The first-order chi connectivity index (χ1) is 9.43. The van der Waals surface area contributed by atoms with Gasteiger partial charge in [0.05, 0.1) is 6.61 Å². The van der Waals surface area contributed by atoms with Crippen LogP contribution < -0.4 is 4.74 Å². The Kier molecular flexibility index (Phi) is 6.82. The molecule has 1 rings (SSSR count). The van der Waals surface area contributed by atoms with Gasteiger partial charge in [-0.1, -0.05) is 24.9 Å². The third-order valence-electron chi connectivity index (χ3n) is 2.71. The summed E-state index contributed by atoms with van der Waals surface area (Å²) in [5.41, 5.74) is 0. The molecule has 0 fully saturated rings. The van der Waals surface area contributed by atoms with Crippen molar-refractivity contribution in [2.45, 2.75) is 45.3 Å². The van der Waals surface area contributed by atoms with Gasteiger partial charge < -0.3 is 14.6 Å². The molecule has 0 aliphatic carbocycles. The smallest absolute Gasteiger partial charge is 0.305 e. The lowest BCUT2D eigenvalue weighted by atomic mass is 10.2. The number of carbonyl (C=O) groups excluding carboxylic acids is 1. The maximum atomic E-state index is 11.3. The van der Waals surface area contributed by atoms with E-state index < -0.39 is 5.79 Å². The normalized spacial score (nSPS) is 13.6. The molecule has 0 aliphatic heterocycles. The van der Waals surface area contributed by atoms with Crippen LogP contribution in [0.1, 0.15) is 39.5 Å². The lowest BCUT2D eigenvalue weighted by molar-refractivity contribution is -0.155. The van der Waals surface area contributed by atoms with Crippen LogP contribution in [0.4, 0.5) is 0 Å². The number of ether oxygens (including phenoxy) is 2. The van der Waals surface area contributed by atoms with Gasteiger partial charge >= 0.3 is 5.97 Å². The van der Waals surface area contributed by atoms with Gasteiger partial charge in [-0.2, -0.15) is 0 Å². The second-order valence-corrected chi connectivity index (χ2v) is 5.24. The van der Waals surface area contributed by atoms with Crippen molar-refractivity contribution in [1.29, 1.82) is 0 Å². The predicted octanol–water partition coefficient (Wildman–Crippen LogP) is 3.55. The number of carbonyl (C=O) groups is 1. The molecule has 4 nitrogen and oxygen atoms in total. The largest absolute Gasteiger partial charge is 0.465 e. The minimum Gasteiger partial charge on any atom is -0.465 e. The molecular formula is C15H21ClO4. The highest BCUT2D eigenvalue weighted by Gasteiger charge is 2.23. The van der Waals surface area contributed by atoms with Gasteiger partial charge in [0, 0.05) is 24.8 Å². The van der Waals surface area contributed by atoms with Gasteiger partial charge in [-0.05, 0) is 30.7 Å². The Bertz CT molecular complexity index is 414. The maximum Gasteiger partial charge on any atom is 0.305 e. The van der Waals surface area contributed by atoms with Crippen LogP contribution in [0.25, 0.3) is 0 Å². The van der Waals surface area contributed by atoms with Gasteiger partial charge in [-0.3, -0.25) is 4.79 Å². The molecule has 0 bridgehead atoms. The first kappa shape index (κ1) is 16.8. The molecule has 0 radical (unpaired) electrons. The summed E-state index contributed by atoms with van der Waals surface area (Å²) in [4.78, 5) is 11.3. The Morgan fingerprint density at radius 3 is 2.60 bits per heavy atom. The summed E-state index contributed by atoms with van der Waals surface area (Å²) in [6.45, 7) is 3.67. The highest BCUT2D eigenvalue weighted by molar-refractivity contribution is 6.30. The molecule has 0 heterocycles. The van der Waals surface area contributed by atoms with Crippen molar-refractivity contribution in [1.82, 2.24) is 0 Å². The molecule has 20 heavy (non-hydrogen) atoms. The third-order valence-corrected chi connectivity index (χ3v) is 2.97. The summed E-state index contributed by atoms with van der Waals surface area (Å²) >= 11 is 5.77. The Hall–Kier alpha value is -1.26.